The third kappa shape index (κ3) is 2.90. The summed E-state index contributed by atoms with van der Waals surface area (Å²) in [7, 11) is 0. The Morgan fingerprint density at radius 2 is 2.29 bits per heavy atom. The first-order valence-corrected chi connectivity index (χ1v) is 7.09. The van der Waals surface area contributed by atoms with E-state index in [2.05, 4.69) is 10.1 Å². The lowest BCUT2D eigenvalue weighted by Gasteiger charge is -2.29. The molecule has 1 N–H and O–H groups in total. The molecule has 2 atom stereocenters. The van der Waals surface area contributed by atoms with Crippen molar-refractivity contribution in [3.63, 3.8) is 0 Å². The van der Waals surface area contributed by atoms with Gasteiger partial charge in [-0.25, -0.2) is 9.67 Å². The lowest BCUT2D eigenvalue weighted by Crippen LogP contribution is -2.34. The van der Waals surface area contributed by atoms with Crippen LogP contribution in [0, 0.1) is 0 Å². The maximum atomic E-state index is 9.29. The average Bonchev–Trinajstić information content (AvgIpc) is 3.09. The molecule has 0 radical (unpaired) electrons. The Morgan fingerprint density at radius 3 is 2.90 bits per heavy atom. The van der Waals surface area contributed by atoms with Gasteiger partial charge in [-0.1, -0.05) is 29.3 Å². The van der Waals surface area contributed by atoms with Crippen LogP contribution in [0.15, 0.2) is 30.9 Å². The molecule has 2 aromatic rings. The zero-order valence-electron chi connectivity index (χ0n) is 10.9. The molecular formula is C13H13Cl2N3O3. The van der Waals surface area contributed by atoms with Crippen LogP contribution in [-0.4, -0.2) is 39.2 Å². The molecule has 6 nitrogen and oxygen atoms in total. The summed E-state index contributed by atoms with van der Waals surface area (Å²) in [5.74, 6) is -1.12. The van der Waals surface area contributed by atoms with Gasteiger partial charge in [0.1, 0.15) is 25.3 Å². The fourth-order valence-corrected chi connectivity index (χ4v) is 2.84. The molecule has 112 valence electrons. The Bertz CT molecular complexity index is 623. The lowest BCUT2D eigenvalue weighted by molar-refractivity contribution is -0.191. The molecule has 1 saturated heterocycles. The molecule has 1 aromatic heterocycles. The monoisotopic (exact) mass is 329 g/mol. The number of aliphatic hydroxyl groups excluding tert-OH is 1. The summed E-state index contributed by atoms with van der Waals surface area (Å²) in [5, 5.41) is 14.3. The van der Waals surface area contributed by atoms with Crippen LogP contribution in [0.25, 0.3) is 0 Å². The van der Waals surface area contributed by atoms with Crippen LogP contribution < -0.4 is 0 Å². The smallest absolute Gasteiger partial charge is 0.217 e. The number of aliphatic hydroxyl groups is 1. The first kappa shape index (κ1) is 14.7. The standard InChI is InChI=1S/C13H13Cl2N3O3/c14-9-1-2-11(12(15)3-9)13(6-18-8-16-7-17-18)20-5-10(4-19)21-13/h1-3,7-8,10,19H,4-6H2/t10?,13-/m1/s1. The Hall–Kier alpha value is -1.18. The fourth-order valence-electron chi connectivity index (χ4n) is 2.29. The summed E-state index contributed by atoms with van der Waals surface area (Å²) in [6, 6.07) is 5.09. The Balaban J connectivity index is 1.99. The number of rotatable bonds is 4. The van der Waals surface area contributed by atoms with Gasteiger partial charge in [-0.05, 0) is 12.1 Å². The third-order valence-electron chi connectivity index (χ3n) is 3.24. The minimum absolute atomic E-state index is 0.135. The van der Waals surface area contributed by atoms with Crippen molar-refractivity contribution in [3.8, 4) is 0 Å². The zero-order valence-corrected chi connectivity index (χ0v) is 12.5. The molecule has 1 aliphatic rings. The van der Waals surface area contributed by atoms with Crippen molar-refractivity contribution < 1.29 is 14.6 Å². The van der Waals surface area contributed by atoms with Crippen LogP contribution >= 0.6 is 23.2 Å². The molecule has 1 unspecified atom stereocenters. The van der Waals surface area contributed by atoms with E-state index in [0.717, 1.165) is 0 Å². The molecule has 8 heteroatoms. The van der Waals surface area contributed by atoms with Crippen LogP contribution in [0.3, 0.4) is 0 Å². The Kier molecular flexibility index (Phi) is 4.14. The van der Waals surface area contributed by atoms with Crippen LogP contribution in [-0.2, 0) is 21.8 Å². The number of nitrogens with zero attached hydrogens (tertiary/aromatic N) is 3. The van der Waals surface area contributed by atoms with Crippen LogP contribution in [0.5, 0.6) is 0 Å². The predicted octanol–water partition coefficient (Wildman–Crippen LogP) is 1.85. The van der Waals surface area contributed by atoms with Crippen molar-refractivity contribution in [1.82, 2.24) is 14.8 Å². The second-order valence-corrected chi connectivity index (χ2v) is 5.55. The minimum Gasteiger partial charge on any atom is -0.394 e. The summed E-state index contributed by atoms with van der Waals surface area (Å²) < 4.78 is 13.3. The van der Waals surface area contributed by atoms with Crippen LogP contribution in [0.4, 0.5) is 0 Å². The van der Waals surface area contributed by atoms with E-state index in [1.165, 1.54) is 6.33 Å². The number of benzene rings is 1. The topological polar surface area (TPSA) is 69.4 Å². The number of aromatic nitrogens is 3. The highest BCUT2D eigenvalue weighted by atomic mass is 35.5. The normalized spacial score (nSPS) is 25.4. The SMILES string of the molecule is OCC1CO[C@@](Cn2cncn2)(c2ccc(Cl)cc2Cl)O1. The van der Waals surface area contributed by atoms with E-state index in [-0.39, 0.29) is 19.8 Å². The second-order valence-electron chi connectivity index (χ2n) is 4.70. The average molecular weight is 330 g/mol. The quantitative estimate of drug-likeness (QED) is 0.926. The van der Waals surface area contributed by atoms with Crippen LogP contribution in [0.2, 0.25) is 10.0 Å². The molecule has 0 aliphatic carbocycles. The maximum absolute atomic E-state index is 9.29. The summed E-state index contributed by atoms with van der Waals surface area (Å²) >= 11 is 12.2. The fraction of sp³-hybridized carbons (Fsp3) is 0.385. The van der Waals surface area contributed by atoms with Crippen molar-refractivity contribution in [2.45, 2.75) is 18.4 Å². The van der Waals surface area contributed by atoms with Gasteiger partial charge in [-0.3, -0.25) is 0 Å². The number of ether oxygens (including phenoxy) is 2. The van der Waals surface area contributed by atoms with Gasteiger partial charge >= 0.3 is 0 Å². The zero-order chi connectivity index (χ0) is 14.9. The predicted molar refractivity (Wildman–Crippen MR) is 76.1 cm³/mol. The second kappa shape index (κ2) is 5.90. The van der Waals surface area contributed by atoms with Crippen molar-refractivity contribution in [2.24, 2.45) is 0 Å². The van der Waals surface area contributed by atoms with Gasteiger partial charge in [0.05, 0.1) is 18.2 Å². The molecule has 2 heterocycles. The first-order valence-electron chi connectivity index (χ1n) is 6.33. The number of hydrogen-bond acceptors (Lipinski definition) is 5. The Labute approximate surface area is 131 Å². The highest BCUT2D eigenvalue weighted by Gasteiger charge is 2.45. The highest BCUT2D eigenvalue weighted by molar-refractivity contribution is 6.35. The molecule has 21 heavy (non-hydrogen) atoms. The molecule has 0 saturated carbocycles. The lowest BCUT2D eigenvalue weighted by atomic mass is 10.1. The summed E-state index contributed by atoms with van der Waals surface area (Å²) in [5.41, 5.74) is 0.639. The van der Waals surface area contributed by atoms with Gasteiger partial charge in [0.25, 0.3) is 0 Å². The van der Waals surface area contributed by atoms with E-state index in [9.17, 15) is 5.11 Å². The van der Waals surface area contributed by atoms with Gasteiger partial charge in [-0.2, -0.15) is 5.10 Å². The molecule has 1 aliphatic heterocycles. The van der Waals surface area contributed by atoms with Crippen molar-refractivity contribution in [2.75, 3.05) is 13.2 Å². The van der Waals surface area contributed by atoms with E-state index < -0.39 is 11.9 Å². The molecule has 0 bridgehead atoms. The molecule has 0 amide bonds. The molecule has 0 spiro atoms. The molecular weight excluding hydrogens is 317 g/mol. The van der Waals surface area contributed by atoms with Gasteiger partial charge in [-0.15, -0.1) is 0 Å². The van der Waals surface area contributed by atoms with Crippen molar-refractivity contribution in [1.29, 1.82) is 0 Å². The summed E-state index contributed by atoms with van der Waals surface area (Å²) in [6.45, 7) is 0.402. The number of halogens is 2. The van der Waals surface area contributed by atoms with Gasteiger partial charge < -0.3 is 14.6 Å². The largest absolute Gasteiger partial charge is 0.394 e. The van der Waals surface area contributed by atoms with E-state index in [4.69, 9.17) is 32.7 Å². The Morgan fingerprint density at radius 1 is 1.43 bits per heavy atom. The summed E-state index contributed by atoms with van der Waals surface area (Å²) in [4.78, 5) is 3.90. The van der Waals surface area contributed by atoms with Gasteiger partial charge in [0.15, 0.2) is 0 Å². The first-order chi connectivity index (χ1) is 10.1. The number of hydrogen-bond donors (Lipinski definition) is 1. The van der Waals surface area contributed by atoms with Crippen LogP contribution in [0.1, 0.15) is 5.56 Å². The van der Waals surface area contributed by atoms with Gasteiger partial charge in [0, 0.05) is 10.6 Å². The highest BCUT2D eigenvalue weighted by Crippen LogP contribution is 2.40. The minimum atomic E-state index is -1.12. The molecule has 1 fully saturated rings. The van der Waals surface area contributed by atoms with Crippen molar-refractivity contribution >= 4 is 23.2 Å². The van der Waals surface area contributed by atoms with Gasteiger partial charge in [0.2, 0.25) is 5.79 Å². The van der Waals surface area contributed by atoms with Crippen molar-refractivity contribution in [3.05, 3.63) is 46.5 Å². The molecule has 1 aromatic carbocycles. The van der Waals surface area contributed by atoms with E-state index >= 15 is 0 Å². The van der Waals surface area contributed by atoms with E-state index in [1.807, 2.05) is 0 Å². The van der Waals surface area contributed by atoms with E-state index in [0.29, 0.717) is 15.6 Å². The summed E-state index contributed by atoms with van der Waals surface area (Å²) in [6.07, 6.45) is 2.57. The third-order valence-corrected chi connectivity index (χ3v) is 3.79. The maximum Gasteiger partial charge on any atom is 0.217 e. The van der Waals surface area contributed by atoms with E-state index in [1.54, 1.807) is 29.2 Å². The molecule has 3 rings (SSSR count).